The van der Waals surface area contributed by atoms with Crippen molar-refractivity contribution >= 4 is 22.5 Å². The van der Waals surface area contributed by atoms with Crippen LogP contribution in [0.4, 0.5) is 5.69 Å². The number of aryl methyl sites for hydroxylation is 1. The van der Waals surface area contributed by atoms with Gasteiger partial charge in [0, 0.05) is 37.5 Å². The first kappa shape index (κ1) is 22.6. The lowest BCUT2D eigenvalue weighted by Gasteiger charge is -2.28. The van der Waals surface area contributed by atoms with E-state index < -0.39 is 0 Å². The number of aromatic nitrogens is 3. The summed E-state index contributed by atoms with van der Waals surface area (Å²) in [6.45, 7) is 0.342. The van der Waals surface area contributed by atoms with Crippen LogP contribution in [0.3, 0.4) is 0 Å². The summed E-state index contributed by atoms with van der Waals surface area (Å²) in [5, 5.41) is 3.38. The molecule has 0 bridgehead atoms. The monoisotopic (exact) mass is 452 g/mol. The summed E-state index contributed by atoms with van der Waals surface area (Å²) in [4.78, 5) is 42.7. The Morgan fingerprint density at radius 1 is 1.09 bits per heavy atom. The number of ether oxygens (including phenoxy) is 2. The minimum absolute atomic E-state index is 0.0346. The van der Waals surface area contributed by atoms with Gasteiger partial charge in [-0.05, 0) is 55.9 Å². The van der Waals surface area contributed by atoms with E-state index in [1.54, 1.807) is 50.7 Å². The van der Waals surface area contributed by atoms with Crippen LogP contribution >= 0.6 is 0 Å². The van der Waals surface area contributed by atoms with Gasteiger partial charge in [-0.15, -0.1) is 0 Å². The Hall–Kier alpha value is -3.62. The molecule has 1 aliphatic carbocycles. The fourth-order valence-electron chi connectivity index (χ4n) is 4.49. The number of amides is 1. The molecule has 1 saturated carbocycles. The van der Waals surface area contributed by atoms with Crippen LogP contribution in [0.5, 0.6) is 11.6 Å². The molecule has 1 fully saturated rings. The molecule has 1 aliphatic rings. The van der Waals surface area contributed by atoms with E-state index in [9.17, 15) is 14.4 Å². The number of carbonyl (C=O) groups excluding carboxylic acids is 1. The van der Waals surface area contributed by atoms with Gasteiger partial charge in [0.2, 0.25) is 11.8 Å². The summed E-state index contributed by atoms with van der Waals surface area (Å²) in [7, 11) is 4.74. The van der Waals surface area contributed by atoms with Crippen LogP contribution in [0, 0.1) is 11.8 Å². The Bertz CT molecular complexity index is 1290. The maximum absolute atomic E-state index is 13.1. The number of nitrogens with zero attached hydrogens (tertiary/aromatic N) is 3. The lowest BCUT2D eigenvalue weighted by molar-refractivity contribution is -0.121. The number of hydrogen-bond acceptors (Lipinski definition) is 6. The van der Waals surface area contributed by atoms with Crippen molar-refractivity contribution in [3.05, 3.63) is 57.4 Å². The zero-order valence-electron chi connectivity index (χ0n) is 19.0. The van der Waals surface area contributed by atoms with E-state index in [0.29, 0.717) is 47.6 Å². The molecule has 9 nitrogen and oxygen atoms in total. The van der Waals surface area contributed by atoms with Gasteiger partial charge in [-0.3, -0.25) is 18.7 Å². The molecule has 33 heavy (non-hydrogen) atoms. The third kappa shape index (κ3) is 4.62. The summed E-state index contributed by atoms with van der Waals surface area (Å²) < 4.78 is 13.2. The quantitative estimate of drug-likeness (QED) is 0.616. The Kier molecular flexibility index (Phi) is 6.48. The highest BCUT2D eigenvalue weighted by atomic mass is 16.5. The van der Waals surface area contributed by atoms with E-state index in [4.69, 9.17) is 9.47 Å². The van der Waals surface area contributed by atoms with E-state index in [1.165, 1.54) is 16.2 Å². The highest BCUT2D eigenvalue weighted by molar-refractivity contribution is 5.92. The van der Waals surface area contributed by atoms with Gasteiger partial charge in [0.25, 0.3) is 5.56 Å². The van der Waals surface area contributed by atoms with Crippen LogP contribution in [0.1, 0.15) is 25.7 Å². The highest BCUT2D eigenvalue weighted by Crippen LogP contribution is 2.30. The van der Waals surface area contributed by atoms with Gasteiger partial charge < -0.3 is 14.8 Å². The fourth-order valence-corrected chi connectivity index (χ4v) is 4.49. The number of methoxy groups -OCH3 is 2. The third-order valence-corrected chi connectivity index (χ3v) is 6.43. The maximum atomic E-state index is 13.1. The molecule has 0 unspecified atom stereocenters. The van der Waals surface area contributed by atoms with Gasteiger partial charge in [0.05, 0.1) is 25.1 Å². The number of fused-ring (bicyclic) bond motifs is 1. The van der Waals surface area contributed by atoms with Crippen molar-refractivity contribution in [2.75, 3.05) is 19.5 Å². The minimum Gasteiger partial charge on any atom is -0.497 e. The van der Waals surface area contributed by atoms with Crippen LogP contribution in [0.2, 0.25) is 0 Å². The van der Waals surface area contributed by atoms with Crippen LogP contribution in [-0.2, 0) is 18.4 Å². The van der Waals surface area contributed by atoms with Crippen molar-refractivity contribution in [3.63, 3.8) is 0 Å². The first-order valence-electron chi connectivity index (χ1n) is 11.0. The zero-order valence-corrected chi connectivity index (χ0v) is 19.0. The van der Waals surface area contributed by atoms with Gasteiger partial charge in [-0.2, -0.15) is 0 Å². The average Bonchev–Trinajstić information content (AvgIpc) is 2.85. The topological polar surface area (TPSA) is 104 Å². The molecule has 9 heteroatoms. The van der Waals surface area contributed by atoms with Gasteiger partial charge in [0.1, 0.15) is 5.75 Å². The summed E-state index contributed by atoms with van der Waals surface area (Å²) in [5.41, 5.74) is 0.591. The molecule has 0 aliphatic heterocycles. The van der Waals surface area contributed by atoms with Crippen LogP contribution in [0.15, 0.2) is 46.1 Å². The van der Waals surface area contributed by atoms with E-state index in [1.807, 2.05) is 0 Å². The molecule has 1 amide bonds. The van der Waals surface area contributed by atoms with Crippen molar-refractivity contribution in [2.24, 2.45) is 18.9 Å². The summed E-state index contributed by atoms with van der Waals surface area (Å²) >= 11 is 0. The fraction of sp³-hybridized carbons (Fsp3) is 0.417. The summed E-state index contributed by atoms with van der Waals surface area (Å²) in [6, 6.07) is 8.54. The molecular weight excluding hydrogens is 424 g/mol. The van der Waals surface area contributed by atoms with Crippen LogP contribution in [0.25, 0.3) is 10.9 Å². The van der Waals surface area contributed by atoms with E-state index in [0.717, 1.165) is 12.8 Å². The maximum Gasteiger partial charge on any atom is 0.331 e. The second kappa shape index (κ2) is 9.48. The highest BCUT2D eigenvalue weighted by Gasteiger charge is 2.27. The number of pyridine rings is 1. The zero-order chi connectivity index (χ0) is 23.5. The van der Waals surface area contributed by atoms with E-state index >= 15 is 0 Å². The number of rotatable bonds is 6. The molecule has 1 N–H and O–H groups in total. The lowest BCUT2D eigenvalue weighted by Crippen LogP contribution is -2.41. The van der Waals surface area contributed by atoms with Gasteiger partial charge in [-0.1, -0.05) is 0 Å². The molecule has 0 radical (unpaired) electrons. The Morgan fingerprint density at radius 3 is 2.55 bits per heavy atom. The predicted octanol–water partition coefficient (Wildman–Crippen LogP) is 2.56. The predicted molar refractivity (Wildman–Crippen MR) is 125 cm³/mol. The Balaban J connectivity index is 1.45. The lowest BCUT2D eigenvalue weighted by atomic mass is 9.81. The molecule has 2 aromatic heterocycles. The molecule has 3 aromatic rings. The number of carbonyl (C=O) groups is 1. The van der Waals surface area contributed by atoms with Crippen molar-refractivity contribution in [2.45, 2.75) is 32.2 Å². The van der Waals surface area contributed by atoms with Crippen molar-refractivity contribution < 1.29 is 14.3 Å². The first-order valence-corrected chi connectivity index (χ1v) is 11.0. The molecule has 174 valence electrons. The van der Waals surface area contributed by atoms with Crippen molar-refractivity contribution in [1.29, 1.82) is 0 Å². The SMILES string of the molecule is COc1ccc2c(c1)c(=O)n(CC1CCC(C(=O)Nc3ccnc(OC)c3)CC1)c(=O)n2C. The van der Waals surface area contributed by atoms with Crippen molar-refractivity contribution in [3.8, 4) is 11.6 Å². The summed E-state index contributed by atoms with van der Waals surface area (Å²) in [5.74, 6) is 1.02. The second-order valence-corrected chi connectivity index (χ2v) is 8.43. The molecule has 4 rings (SSSR count). The minimum atomic E-state index is -0.329. The first-order chi connectivity index (χ1) is 15.9. The van der Waals surface area contributed by atoms with Crippen LogP contribution in [-0.4, -0.2) is 34.2 Å². The smallest absolute Gasteiger partial charge is 0.331 e. The van der Waals surface area contributed by atoms with E-state index in [2.05, 4.69) is 10.3 Å². The molecule has 0 saturated heterocycles. The third-order valence-electron chi connectivity index (χ3n) is 6.43. The number of nitrogens with one attached hydrogen (secondary N) is 1. The number of anilines is 1. The molecule has 2 heterocycles. The molecule has 0 spiro atoms. The largest absolute Gasteiger partial charge is 0.497 e. The number of benzene rings is 1. The van der Waals surface area contributed by atoms with Gasteiger partial charge >= 0.3 is 5.69 Å². The van der Waals surface area contributed by atoms with Crippen molar-refractivity contribution in [1.82, 2.24) is 14.1 Å². The Labute approximate surface area is 191 Å². The Morgan fingerprint density at radius 2 is 1.85 bits per heavy atom. The van der Waals surface area contributed by atoms with Gasteiger partial charge in [-0.25, -0.2) is 9.78 Å². The summed E-state index contributed by atoms with van der Waals surface area (Å²) in [6.07, 6.45) is 4.53. The second-order valence-electron chi connectivity index (χ2n) is 8.43. The van der Waals surface area contributed by atoms with E-state index in [-0.39, 0.29) is 29.0 Å². The molecule has 0 atom stereocenters. The van der Waals surface area contributed by atoms with Crippen LogP contribution < -0.4 is 26.0 Å². The average molecular weight is 453 g/mol. The van der Waals surface area contributed by atoms with Gasteiger partial charge in [0.15, 0.2) is 0 Å². The standard InChI is InChI=1S/C24H28N4O5/c1-27-20-9-8-18(32-2)13-19(20)23(30)28(24(27)31)14-15-4-6-16(7-5-15)22(29)26-17-10-11-25-21(12-17)33-3/h8-13,15-16H,4-7,14H2,1-3H3,(H,25,26,29). The number of hydrogen-bond donors (Lipinski definition) is 1. The molecular formula is C24H28N4O5. The molecule has 1 aromatic carbocycles. The normalized spacial score (nSPS) is 18.2.